The van der Waals surface area contributed by atoms with Crippen LogP contribution >= 0.6 is 0 Å². The molecule has 0 spiro atoms. The van der Waals surface area contributed by atoms with Gasteiger partial charge in [0.1, 0.15) is 5.75 Å². The van der Waals surface area contributed by atoms with E-state index in [-0.39, 0.29) is 12.5 Å². The standard InChI is InChI=1S/C20H30N2O4/c1-16(22-11-4-3-5-12-22)18-8-6-9-19(14-18)25-13-7-10-21-20(24)15-26-17(2)23/h6,8-9,14,16H,3-5,7,10-13,15H2,1-2H3,(H,21,24). The molecule has 2 rings (SSSR count). The number of amides is 1. The van der Waals surface area contributed by atoms with Gasteiger partial charge in [-0.05, 0) is 57.0 Å². The Morgan fingerprint density at radius 1 is 1.23 bits per heavy atom. The van der Waals surface area contributed by atoms with E-state index in [9.17, 15) is 9.59 Å². The van der Waals surface area contributed by atoms with Crippen LogP contribution in [0.1, 0.15) is 51.1 Å². The SMILES string of the molecule is CC(=O)OCC(=O)NCCCOc1cccc(C(C)N2CCCCC2)c1. The van der Waals surface area contributed by atoms with E-state index in [0.717, 1.165) is 5.75 Å². The second-order valence-electron chi connectivity index (χ2n) is 6.68. The van der Waals surface area contributed by atoms with E-state index in [1.165, 1.54) is 44.8 Å². The van der Waals surface area contributed by atoms with Gasteiger partial charge in [-0.25, -0.2) is 0 Å². The number of benzene rings is 1. The summed E-state index contributed by atoms with van der Waals surface area (Å²) in [4.78, 5) is 24.6. The number of hydrogen-bond acceptors (Lipinski definition) is 5. The average Bonchev–Trinajstić information content (AvgIpc) is 2.66. The van der Waals surface area contributed by atoms with Gasteiger partial charge < -0.3 is 14.8 Å². The normalized spacial score (nSPS) is 15.9. The zero-order valence-corrected chi connectivity index (χ0v) is 15.8. The second-order valence-corrected chi connectivity index (χ2v) is 6.68. The van der Waals surface area contributed by atoms with Crippen molar-refractivity contribution < 1.29 is 19.1 Å². The van der Waals surface area contributed by atoms with Crippen LogP contribution in [-0.2, 0) is 14.3 Å². The molecule has 1 amide bonds. The number of esters is 1. The summed E-state index contributed by atoms with van der Waals surface area (Å²) in [5, 5.41) is 2.69. The van der Waals surface area contributed by atoms with Crippen LogP contribution in [-0.4, -0.2) is 49.6 Å². The zero-order valence-electron chi connectivity index (χ0n) is 15.8. The Hall–Kier alpha value is -2.08. The molecule has 1 atom stereocenters. The lowest BCUT2D eigenvalue weighted by atomic mass is 10.0. The topological polar surface area (TPSA) is 67.9 Å². The van der Waals surface area contributed by atoms with Gasteiger partial charge in [0.15, 0.2) is 6.61 Å². The quantitative estimate of drug-likeness (QED) is 0.540. The molecule has 1 aliphatic rings. The molecule has 1 saturated heterocycles. The van der Waals surface area contributed by atoms with Crippen molar-refractivity contribution in [1.82, 2.24) is 10.2 Å². The summed E-state index contributed by atoms with van der Waals surface area (Å²) in [6, 6.07) is 8.66. The van der Waals surface area contributed by atoms with Gasteiger partial charge in [-0.15, -0.1) is 0 Å². The van der Waals surface area contributed by atoms with Crippen LogP contribution in [0, 0.1) is 0 Å². The maximum atomic E-state index is 11.4. The molecule has 26 heavy (non-hydrogen) atoms. The molecule has 1 fully saturated rings. The summed E-state index contributed by atoms with van der Waals surface area (Å²) in [7, 11) is 0. The number of piperidine rings is 1. The predicted octanol–water partition coefficient (Wildman–Crippen LogP) is 2.68. The first-order chi connectivity index (χ1) is 12.6. The highest BCUT2D eigenvalue weighted by Gasteiger charge is 2.18. The lowest BCUT2D eigenvalue weighted by Gasteiger charge is -2.32. The Morgan fingerprint density at radius 2 is 2.00 bits per heavy atom. The van der Waals surface area contributed by atoms with Crippen LogP contribution < -0.4 is 10.1 Å². The molecular weight excluding hydrogens is 332 g/mol. The molecule has 1 aromatic rings. The van der Waals surface area contributed by atoms with E-state index in [2.05, 4.69) is 34.0 Å². The molecule has 1 aromatic carbocycles. The molecule has 1 unspecified atom stereocenters. The number of carbonyl (C=O) groups excluding carboxylic acids is 2. The summed E-state index contributed by atoms with van der Waals surface area (Å²) >= 11 is 0. The monoisotopic (exact) mass is 362 g/mol. The number of carbonyl (C=O) groups is 2. The number of nitrogens with zero attached hydrogens (tertiary/aromatic N) is 1. The Morgan fingerprint density at radius 3 is 2.73 bits per heavy atom. The Labute approximate surface area is 155 Å². The van der Waals surface area contributed by atoms with E-state index in [4.69, 9.17) is 4.74 Å². The van der Waals surface area contributed by atoms with Crippen molar-refractivity contribution in [3.63, 3.8) is 0 Å². The van der Waals surface area contributed by atoms with Crippen molar-refractivity contribution in [2.75, 3.05) is 32.8 Å². The lowest BCUT2D eigenvalue weighted by molar-refractivity contribution is -0.146. The first-order valence-electron chi connectivity index (χ1n) is 9.43. The molecule has 0 aliphatic carbocycles. The molecule has 1 N–H and O–H groups in total. The summed E-state index contributed by atoms with van der Waals surface area (Å²) in [5.74, 6) is 0.109. The number of ether oxygens (including phenoxy) is 2. The van der Waals surface area contributed by atoms with Gasteiger partial charge in [0.25, 0.3) is 5.91 Å². The smallest absolute Gasteiger partial charge is 0.303 e. The minimum Gasteiger partial charge on any atom is -0.494 e. The van der Waals surface area contributed by atoms with Crippen molar-refractivity contribution in [3.05, 3.63) is 29.8 Å². The van der Waals surface area contributed by atoms with E-state index in [0.29, 0.717) is 25.6 Å². The molecular formula is C20H30N2O4. The van der Waals surface area contributed by atoms with E-state index >= 15 is 0 Å². The third-order valence-electron chi connectivity index (χ3n) is 4.60. The highest BCUT2D eigenvalue weighted by atomic mass is 16.5. The fourth-order valence-electron chi connectivity index (χ4n) is 3.09. The van der Waals surface area contributed by atoms with Gasteiger partial charge >= 0.3 is 5.97 Å². The number of rotatable bonds is 9. The Balaban J connectivity index is 1.69. The van der Waals surface area contributed by atoms with Crippen LogP contribution in [0.2, 0.25) is 0 Å². The summed E-state index contributed by atoms with van der Waals surface area (Å²) in [6.07, 6.45) is 4.59. The highest BCUT2D eigenvalue weighted by Crippen LogP contribution is 2.26. The third-order valence-corrected chi connectivity index (χ3v) is 4.60. The molecule has 0 bridgehead atoms. The lowest BCUT2D eigenvalue weighted by Crippen LogP contribution is -2.32. The number of nitrogens with one attached hydrogen (secondary N) is 1. The van der Waals surface area contributed by atoms with Crippen molar-refractivity contribution >= 4 is 11.9 Å². The van der Waals surface area contributed by atoms with Crippen LogP contribution in [0.25, 0.3) is 0 Å². The fraction of sp³-hybridized carbons (Fsp3) is 0.600. The van der Waals surface area contributed by atoms with Crippen LogP contribution in [0.3, 0.4) is 0 Å². The average molecular weight is 362 g/mol. The van der Waals surface area contributed by atoms with Gasteiger partial charge in [0.05, 0.1) is 6.61 Å². The van der Waals surface area contributed by atoms with Gasteiger partial charge in [-0.3, -0.25) is 14.5 Å². The molecule has 1 aliphatic heterocycles. The maximum Gasteiger partial charge on any atom is 0.303 e. The van der Waals surface area contributed by atoms with E-state index in [1.807, 2.05) is 12.1 Å². The second kappa shape index (κ2) is 10.8. The number of likely N-dealkylation sites (tertiary alicyclic amines) is 1. The van der Waals surface area contributed by atoms with Crippen molar-refractivity contribution in [3.8, 4) is 5.75 Å². The Kier molecular flexibility index (Phi) is 8.41. The van der Waals surface area contributed by atoms with Gasteiger partial charge in [0, 0.05) is 19.5 Å². The summed E-state index contributed by atoms with van der Waals surface area (Å²) in [6.45, 7) is 6.65. The van der Waals surface area contributed by atoms with Crippen molar-refractivity contribution in [2.45, 2.75) is 45.6 Å². The summed E-state index contributed by atoms with van der Waals surface area (Å²) < 4.78 is 10.4. The zero-order chi connectivity index (χ0) is 18.8. The fourth-order valence-corrected chi connectivity index (χ4v) is 3.09. The van der Waals surface area contributed by atoms with Crippen LogP contribution in [0.15, 0.2) is 24.3 Å². The minimum atomic E-state index is -0.456. The molecule has 0 saturated carbocycles. The highest BCUT2D eigenvalue weighted by molar-refractivity contribution is 5.79. The van der Waals surface area contributed by atoms with Crippen LogP contribution in [0.4, 0.5) is 0 Å². The predicted molar refractivity (Wildman–Crippen MR) is 100 cm³/mol. The molecule has 0 radical (unpaired) electrons. The first kappa shape index (κ1) is 20.2. The van der Waals surface area contributed by atoms with E-state index in [1.54, 1.807) is 0 Å². The molecule has 0 aromatic heterocycles. The molecule has 1 heterocycles. The van der Waals surface area contributed by atoms with Gasteiger partial charge in [-0.2, -0.15) is 0 Å². The summed E-state index contributed by atoms with van der Waals surface area (Å²) in [5.41, 5.74) is 1.28. The van der Waals surface area contributed by atoms with Gasteiger partial charge in [0.2, 0.25) is 0 Å². The number of hydrogen-bond donors (Lipinski definition) is 1. The van der Waals surface area contributed by atoms with Crippen LogP contribution in [0.5, 0.6) is 5.75 Å². The minimum absolute atomic E-state index is 0.230. The third kappa shape index (κ3) is 7.04. The molecule has 144 valence electrons. The van der Waals surface area contributed by atoms with Crippen molar-refractivity contribution in [2.24, 2.45) is 0 Å². The maximum absolute atomic E-state index is 11.4. The van der Waals surface area contributed by atoms with Gasteiger partial charge in [-0.1, -0.05) is 18.6 Å². The van der Waals surface area contributed by atoms with E-state index < -0.39 is 5.97 Å². The molecule has 6 heteroatoms. The Bertz CT molecular complexity index is 585. The largest absolute Gasteiger partial charge is 0.494 e. The first-order valence-corrected chi connectivity index (χ1v) is 9.43. The molecule has 6 nitrogen and oxygen atoms in total. The van der Waals surface area contributed by atoms with Crippen molar-refractivity contribution in [1.29, 1.82) is 0 Å².